The molecule has 0 unspecified atom stereocenters. The van der Waals surface area contributed by atoms with Crippen LogP contribution in [0.25, 0.3) is 66.1 Å². The fraction of sp³-hybridized carbons (Fsp3) is 0.0714. The number of fused-ring (bicyclic) bond motifs is 9. The molecule has 0 atom stereocenters. The largest absolute Gasteiger partial charge is 0.309 e. The van der Waals surface area contributed by atoms with E-state index in [-0.39, 0.29) is 5.41 Å². The number of benzene rings is 6. The molecule has 0 saturated heterocycles. The molecule has 9 rings (SSSR count). The maximum absolute atomic E-state index is 9.83. The lowest BCUT2D eigenvalue weighted by atomic mass is 9.82. The van der Waals surface area contributed by atoms with Crippen LogP contribution in [-0.4, -0.2) is 9.13 Å². The molecule has 1 aliphatic carbocycles. The van der Waals surface area contributed by atoms with Gasteiger partial charge in [-0.1, -0.05) is 44.2 Å². The van der Waals surface area contributed by atoms with Crippen LogP contribution in [0.4, 0.5) is 0 Å². The summed E-state index contributed by atoms with van der Waals surface area (Å²) < 4.78 is 4.51. The molecule has 218 valence electrons. The van der Waals surface area contributed by atoms with E-state index in [1.807, 2.05) is 48.5 Å². The Balaban J connectivity index is 1.34. The predicted octanol–water partition coefficient (Wildman–Crippen LogP) is 9.80. The fourth-order valence-electron chi connectivity index (χ4n) is 7.77. The van der Waals surface area contributed by atoms with Gasteiger partial charge in [0.1, 0.15) is 0 Å². The van der Waals surface area contributed by atoms with Gasteiger partial charge in [-0.2, -0.15) is 15.8 Å². The van der Waals surface area contributed by atoms with E-state index in [0.29, 0.717) is 16.7 Å². The fourth-order valence-corrected chi connectivity index (χ4v) is 7.77. The Morgan fingerprint density at radius 2 is 0.936 bits per heavy atom. The molecule has 0 bridgehead atoms. The van der Waals surface area contributed by atoms with E-state index >= 15 is 0 Å². The van der Waals surface area contributed by atoms with Gasteiger partial charge >= 0.3 is 0 Å². The topological polar surface area (TPSA) is 81.2 Å². The van der Waals surface area contributed by atoms with Gasteiger partial charge in [-0.3, -0.25) is 0 Å². The van der Waals surface area contributed by atoms with Crippen LogP contribution in [0.1, 0.15) is 41.7 Å². The van der Waals surface area contributed by atoms with Crippen LogP contribution in [0.5, 0.6) is 0 Å². The van der Waals surface area contributed by atoms with E-state index in [9.17, 15) is 15.8 Å². The Kier molecular flexibility index (Phi) is 5.38. The summed E-state index contributed by atoms with van der Waals surface area (Å²) in [6, 6.07) is 46.1. The SMILES string of the molecule is CC1(C)c2ccccc2-c2cc3c4cc(C#N)ccc4n(-c4cccc(-n5c6ccc(C#N)cc6c6cc(C#N)ccc65)c4)c3cc21. The number of hydrogen-bond acceptors (Lipinski definition) is 3. The van der Waals surface area contributed by atoms with Crippen LogP contribution < -0.4 is 0 Å². The molecule has 0 amide bonds. The molecule has 47 heavy (non-hydrogen) atoms. The lowest BCUT2D eigenvalue weighted by Gasteiger charge is -2.21. The Morgan fingerprint density at radius 3 is 1.47 bits per heavy atom. The molecule has 2 aromatic heterocycles. The molecule has 0 radical (unpaired) electrons. The molecule has 8 aromatic rings. The smallest absolute Gasteiger partial charge is 0.0991 e. The predicted molar refractivity (Wildman–Crippen MR) is 187 cm³/mol. The van der Waals surface area contributed by atoms with Gasteiger partial charge in [-0.05, 0) is 107 Å². The number of aromatic nitrogens is 2. The minimum absolute atomic E-state index is 0.158. The van der Waals surface area contributed by atoms with Gasteiger partial charge in [-0.15, -0.1) is 0 Å². The second-order valence-electron chi connectivity index (χ2n) is 12.8. The van der Waals surface area contributed by atoms with Gasteiger partial charge in [0.25, 0.3) is 0 Å². The molecule has 0 spiro atoms. The molecular weight excluding hydrogens is 574 g/mol. The van der Waals surface area contributed by atoms with Crippen molar-refractivity contribution in [1.29, 1.82) is 15.8 Å². The van der Waals surface area contributed by atoms with Crippen molar-refractivity contribution >= 4 is 43.6 Å². The minimum Gasteiger partial charge on any atom is -0.309 e. The van der Waals surface area contributed by atoms with E-state index in [4.69, 9.17) is 0 Å². The molecule has 5 nitrogen and oxygen atoms in total. The standard InChI is InChI=1S/C42H25N5/c1-42(2)36-9-4-3-8-30(36)31-20-35-34-18-27(24-45)12-15-40(34)47(41(35)21-37(31)42)29-7-5-6-28(19-29)46-38-13-10-25(22-43)16-32(38)33-17-26(23-44)11-14-39(33)46/h3-21H,1-2H3. The van der Waals surface area contributed by atoms with E-state index in [0.717, 1.165) is 55.0 Å². The molecule has 1 aliphatic rings. The highest BCUT2D eigenvalue weighted by Gasteiger charge is 2.36. The van der Waals surface area contributed by atoms with Gasteiger partial charge in [0.2, 0.25) is 0 Å². The summed E-state index contributed by atoms with van der Waals surface area (Å²) in [6.07, 6.45) is 0. The number of nitrogens with zero attached hydrogens (tertiary/aromatic N) is 5. The van der Waals surface area contributed by atoms with Crippen LogP contribution in [-0.2, 0) is 5.41 Å². The molecule has 6 aromatic carbocycles. The average molecular weight is 600 g/mol. The van der Waals surface area contributed by atoms with E-state index in [2.05, 4.69) is 108 Å². The van der Waals surface area contributed by atoms with Crippen molar-refractivity contribution in [1.82, 2.24) is 9.13 Å². The average Bonchev–Trinajstić information content (AvgIpc) is 3.69. The van der Waals surface area contributed by atoms with Crippen LogP contribution in [0.2, 0.25) is 0 Å². The third-order valence-corrected chi connectivity index (χ3v) is 9.97. The van der Waals surface area contributed by atoms with Crippen LogP contribution in [0, 0.1) is 34.0 Å². The third kappa shape index (κ3) is 3.62. The second kappa shape index (κ2) is 9.45. The highest BCUT2D eigenvalue weighted by atomic mass is 15.0. The molecule has 0 fully saturated rings. The Bertz CT molecular complexity index is 2730. The van der Waals surface area contributed by atoms with Crippen molar-refractivity contribution in [2.24, 2.45) is 0 Å². The number of nitriles is 3. The first-order valence-electron chi connectivity index (χ1n) is 15.5. The zero-order chi connectivity index (χ0) is 32.0. The molecule has 2 heterocycles. The lowest BCUT2D eigenvalue weighted by molar-refractivity contribution is 0.661. The minimum atomic E-state index is -0.158. The Labute approximate surface area is 271 Å². The highest BCUT2D eigenvalue weighted by molar-refractivity contribution is 6.12. The first kappa shape index (κ1) is 26.8. The molecular formula is C42H25N5. The summed E-state index contributed by atoms with van der Waals surface area (Å²) in [5.74, 6) is 0. The second-order valence-corrected chi connectivity index (χ2v) is 12.8. The summed E-state index contributed by atoms with van der Waals surface area (Å²) in [4.78, 5) is 0. The van der Waals surface area contributed by atoms with Crippen LogP contribution in [0.3, 0.4) is 0 Å². The number of hydrogen-bond donors (Lipinski definition) is 0. The summed E-state index contributed by atoms with van der Waals surface area (Å²) in [5, 5.41) is 33.2. The number of rotatable bonds is 2. The van der Waals surface area contributed by atoms with Gasteiger partial charge < -0.3 is 9.13 Å². The van der Waals surface area contributed by atoms with Crippen molar-refractivity contribution in [3.63, 3.8) is 0 Å². The highest BCUT2D eigenvalue weighted by Crippen LogP contribution is 2.51. The first-order valence-corrected chi connectivity index (χ1v) is 15.5. The van der Waals surface area contributed by atoms with Gasteiger partial charge in [0.15, 0.2) is 0 Å². The van der Waals surface area contributed by atoms with Gasteiger partial charge in [0.05, 0.1) is 57.0 Å². The normalized spacial score (nSPS) is 13.0. The van der Waals surface area contributed by atoms with Crippen LogP contribution >= 0.6 is 0 Å². The Hall–Kier alpha value is -6.61. The summed E-state index contributed by atoms with van der Waals surface area (Å²) >= 11 is 0. The van der Waals surface area contributed by atoms with E-state index < -0.39 is 0 Å². The van der Waals surface area contributed by atoms with Gasteiger partial charge in [0, 0.05) is 38.3 Å². The monoisotopic (exact) mass is 599 g/mol. The van der Waals surface area contributed by atoms with E-state index in [1.165, 1.54) is 22.3 Å². The molecule has 0 aliphatic heterocycles. The molecule has 0 N–H and O–H groups in total. The van der Waals surface area contributed by atoms with E-state index in [1.54, 1.807) is 0 Å². The zero-order valence-corrected chi connectivity index (χ0v) is 25.7. The van der Waals surface area contributed by atoms with Crippen LogP contribution in [0.15, 0.2) is 115 Å². The third-order valence-electron chi connectivity index (χ3n) is 9.97. The summed E-state index contributed by atoms with van der Waals surface area (Å²) in [5.41, 5.74) is 12.8. The van der Waals surface area contributed by atoms with Crippen molar-refractivity contribution in [3.8, 4) is 40.7 Å². The quantitative estimate of drug-likeness (QED) is 0.198. The summed E-state index contributed by atoms with van der Waals surface area (Å²) in [6.45, 7) is 4.59. The van der Waals surface area contributed by atoms with Crippen molar-refractivity contribution in [2.45, 2.75) is 19.3 Å². The molecule has 5 heteroatoms. The van der Waals surface area contributed by atoms with Gasteiger partial charge in [-0.25, -0.2) is 0 Å². The first-order chi connectivity index (χ1) is 22.9. The summed E-state index contributed by atoms with van der Waals surface area (Å²) in [7, 11) is 0. The maximum atomic E-state index is 9.83. The van der Waals surface area contributed by atoms with Crippen molar-refractivity contribution < 1.29 is 0 Å². The lowest BCUT2D eigenvalue weighted by Crippen LogP contribution is -2.15. The van der Waals surface area contributed by atoms with Crippen molar-refractivity contribution in [2.75, 3.05) is 0 Å². The Morgan fingerprint density at radius 1 is 0.447 bits per heavy atom. The molecule has 0 saturated carbocycles. The maximum Gasteiger partial charge on any atom is 0.0991 e. The van der Waals surface area contributed by atoms with Crippen molar-refractivity contribution in [3.05, 3.63) is 143 Å². The zero-order valence-electron chi connectivity index (χ0n) is 25.7.